The third-order valence-electron chi connectivity index (χ3n) is 8.49. The number of hydrogen-bond acceptors (Lipinski definition) is 8. The van der Waals surface area contributed by atoms with Gasteiger partial charge in [0.1, 0.15) is 0 Å². The van der Waals surface area contributed by atoms with Crippen LogP contribution in [0.4, 0.5) is 11.4 Å². The fraction of sp³-hybridized carbons (Fsp3) is 0.615. The normalized spacial score (nSPS) is 32.4. The third kappa shape index (κ3) is 4.14. The van der Waals surface area contributed by atoms with Crippen molar-refractivity contribution in [2.24, 2.45) is 5.92 Å². The van der Waals surface area contributed by atoms with Gasteiger partial charge in [-0.15, -0.1) is 0 Å². The van der Waals surface area contributed by atoms with Crippen molar-refractivity contribution in [3.05, 3.63) is 23.8 Å². The van der Waals surface area contributed by atoms with E-state index in [9.17, 15) is 29.1 Å². The number of esters is 1. The summed E-state index contributed by atoms with van der Waals surface area (Å²) < 4.78 is 11.8. The molecule has 38 heavy (non-hydrogen) atoms. The minimum Gasteiger partial charge on any atom is -0.441 e. The number of nitrogens with one attached hydrogen (secondary N) is 1. The fourth-order valence-corrected chi connectivity index (χ4v) is 9.42. The van der Waals surface area contributed by atoms with Crippen molar-refractivity contribution in [3.63, 3.8) is 0 Å². The van der Waals surface area contributed by atoms with Crippen LogP contribution in [0.2, 0.25) is 18.6 Å². The molecule has 4 aliphatic heterocycles. The summed E-state index contributed by atoms with van der Waals surface area (Å²) in [5.74, 6) is -1.72. The molecule has 0 bridgehead atoms. The van der Waals surface area contributed by atoms with Crippen molar-refractivity contribution in [2.75, 3.05) is 23.4 Å². The predicted octanol–water partition coefficient (Wildman–Crippen LogP) is 1.44. The summed E-state index contributed by atoms with van der Waals surface area (Å²) in [6.45, 7) is 7.16. The molecule has 4 heterocycles. The lowest BCUT2D eigenvalue weighted by atomic mass is 9.82. The Morgan fingerprint density at radius 3 is 2.66 bits per heavy atom. The van der Waals surface area contributed by atoms with E-state index in [1.165, 1.54) is 11.8 Å². The van der Waals surface area contributed by atoms with Gasteiger partial charge in [0, 0.05) is 41.9 Å². The highest BCUT2D eigenvalue weighted by Crippen LogP contribution is 2.58. The van der Waals surface area contributed by atoms with Gasteiger partial charge < -0.3 is 29.6 Å². The van der Waals surface area contributed by atoms with Gasteiger partial charge in [0.2, 0.25) is 11.8 Å². The lowest BCUT2D eigenvalue weighted by molar-refractivity contribution is -0.154. The Labute approximate surface area is 222 Å². The molecule has 11 nitrogen and oxygen atoms in total. The molecule has 1 unspecified atom stereocenters. The van der Waals surface area contributed by atoms with Crippen LogP contribution in [-0.2, 0) is 34.3 Å². The standard InChI is InChI=1S/C26H35N3O8Si/c1-14-24(38(3,4)35)20(11-21(32)28-9-5-6-17(28)13-30)37-26(14)18-10-16(7-8-19(18)27-25(26)34)29-22(33)12-23(29)36-15(2)31/h7-8,10,14,17,20,23-24,30,35H,5-6,9,11-13H2,1-4H3,(H,27,34)/t14-,17-,20+,23?,24-,26+/m0/s1. The summed E-state index contributed by atoms with van der Waals surface area (Å²) in [7, 11) is -2.95. The highest BCUT2D eigenvalue weighted by Gasteiger charge is 2.65. The molecule has 3 N–H and O–H groups in total. The average molecular weight is 546 g/mol. The van der Waals surface area contributed by atoms with Crippen molar-refractivity contribution in [2.45, 2.75) is 82.1 Å². The molecule has 6 atom stereocenters. The molecule has 1 aromatic carbocycles. The molecule has 1 aromatic rings. The number of carbonyl (C=O) groups is 4. The molecule has 3 saturated heterocycles. The van der Waals surface area contributed by atoms with Crippen LogP contribution in [0.1, 0.15) is 45.1 Å². The maximum Gasteiger partial charge on any atom is 0.304 e. The molecule has 3 amide bonds. The Morgan fingerprint density at radius 2 is 2.03 bits per heavy atom. The van der Waals surface area contributed by atoms with Crippen LogP contribution in [-0.4, -0.2) is 78.3 Å². The molecule has 4 aliphatic rings. The molecule has 0 aromatic heterocycles. The van der Waals surface area contributed by atoms with Gasteiger partial charge >= 0.3 is 5.97 Å². The number of aliphatic hydroxyl groups excluding tert-OH is 1. The van der Waals surface area contributed by atoms with Gasteiger partial charge in [0.15, 0.2) is 20.1 Å². The van der Waals surface area contributed by atoms with Gasteiger partial charge in [-0.3, -0.25) is 24.1 Å². The number of benzene rings is 1. The first kappa shape index (κ1) is 26.8. The first-order valence-corrected chi connectivity index (χ1v) is 16.2. The van der Waals surface area contributed by atoms with Gasteiger partial charge in [0.25, 0.3) is 5.91 Å². The van der Waals surface area contributed by atoms with Gasteiger partial charge in [-0.25, -0.2) is 0 Å². The first-order chi connectivity index (χ1) is 17.9. The maximum absolute atomic E-state index is 13.6. The number of aliphatic hydroxyl groups is 1. The molecule has 5 rings (SSSR count). The first-order valence-electron chi connectivity index (χ1n) is 13.1. The van der Waals surface area contributed by atoms with E-state index in [2.05, 4.69) is 5.32 Å². The van der Waals surface area contributed by atoms with Crippen LogP contribution in [0.3, 0.4) is 0 Å². The Kier molecular flexibility index (Phi) is 6.65. The van der Waals surface area contributed by atoms with Gasteiger partial charge in [-0.1, -0.05) is 6.92 Å². The average Bonchev–Trinajstić information content (AvgIpc) is 3.48. The summed E-state index contributed by atoms with van der Waals surface area (Å²) in [4.78, 5) is 65.2. The van der Waals surface area contributed by atoms with E-state index in [1.54, 1.807) is 36.2 Å². The molecule has 0 saturated carbocycles. The lowest BCUT2D eigenvalue weighted by Crippen LogP contribution is -2.55. The zero-order valence-electron chi connectivity index (χ0n) is 22.1. The van der Waals surface area contributed by atoms with E-state index in [0.29, 0.717) is 23.5 Å². The summed E-state index contributed by atoms with van der Waals surface area (Å²) in [6.07, 6.45) is 0.195. The Hall–Kier alpha value is -2.80. The third-order valence-corrected chi connectivity index (χ3v) is 11.0. The number of carbonyl (C=O) groups excluding carboxylic acids is 4. The topological polar surface area (TPSA) is 146 Å². The largest absolute Gasteiger partial charge is 0.441 e. The Balaban J connectivity index is 1.50. The number of anilines is 2. The Bertz CT molecular complexity index is 1190. The number of β-lactam (4-membered cyclic amide) rings is 1. The summed E-state index contributed by atoms with van der Waals surface area (Å²) in [6, 6.07) is 4.84. The van der Waals surface area contributed by atoms with E-state index in [0.717, 1.165) is 12.8 Å². The second-order valence-electron chi connectivity index (χ2n) is 11.3. The molecule has 3 fully saturated rings. The van der Waals surface area contributed by atoms with E-state index in [-0.39, 0.29) is 43.2 Å². The zero-order valence-corrected chi connectivity index (χ0v) is 23.1. The van der Waals surface area contributed by atoms with Gasteiger partial charge in [-0.2, -0.15) is 0 Å². The number of likely N-dealkylation sites (tertiary alicyclic amines) is 1. The van der Waals surface area contributed by atoms with E-state index < -0.39 is 43.7 Å². The highest BCUT2D eigenvalue weighted by atomic mass is 28.4. The minimum absolute atomic E-state index is 0.00825. The molecule has 206 valence electrons. The molecule has 1 spiro atoms. The molecule has 12 heteroatoms. The van der Waals surface area contributed by atoms with Gasteiger partial charge in [0.05, 0.1) is 31.6 Å². The van der Waals surface area contributed by atoms with Crippen molar-refractivity contribution in [1.82, 2.24) is 4.90 Å². The van der Waals surface area contributed by atoms with Crippen molar-refractivity contribution < 1.29 is 38.6 Å². The number of hydrogen-bond donors (Lipinski definition) is 3. The second kappa shape index (κ2) is 9.44. The number of rotatable bonds is 6. The molecular formula is C26H35N3O8Si. The Morgan fingerprint density at radius 1 is 1.29 bits per heavy atom. The number of nitrogens with zero attached hydrogens (tertiary/aromatic N) is 2. The highest BCUT2D eigenvalue weighted by molar-refractivity contribution is 6.71. The van der Waals surface area contributed by atoms with E-state index in [4.69, 9.17) is 9.47 Å². The van der Waals surface area contributed by atoms with E-state index >= 15 is 0 Å². The maximum atomic E-state index is 13.6. The number of ether oxygens (including phenoxy) is 2. The smallest absolute Gasteiger partial charge is 0.304 e. The number of fused-ring (bicyclic) bond motifs is 2. The monoisotopic (exact) mass is 545 g/mol. The quantitative estimate of drug-likeness (QED) is 0.277. The fourth-order valence-electron chi connectivity index (χ4n) is 6.86. The molecular weight excluding hydrogens is 510 g/mol. The molecule has 0 aliphatic carbocycles. The predicted molar refractivity (Wildman–Crippen MR) is 138 cm³/mol. The van der Waals surface area contributed by atoms with Crippen molar-refractivity contribution in [1.29, 1.82) is 0 Å². The van der Waals surface area contributed by atoms with Crippen LogP contribution in [0.25, 0.3) is 0 Å². The SMILES string of the molecule is CC(=O)OC1CC(=O)N1c1ccc2c(c1)[C@@]1(O[C@H](CC(=O)N3CCC[C@H]3CO)[C@@H]([Si](C)(C)O)[C@@H]1C)C(=O)N2. The lowest BCUT2D eigenvalue weighted by Gasteiger charge is -2.39. The summed E-state index contributed by atoms with van der Waals surface area (Å²) in [5.41, 5.74) is -0.356. The number of amides is 3. The molecule has 0 radical (unpaired) electrons. The van der Waals surface area contributed by atoms with Crippen molar-refractivity contribution in [3.8, 4) is 0 Å². The summed E-state index contributed by atoms with van der Waals surface area (Å²) in [5, 5.41) is 12.6. The van der Waals surface area contributed by atoms with Crippen LogP contribution >= 0.6 is 0 Å². The second-order valence-corrected chi connectivity index (χ2v) is 15.3. The van der Waals surface area contributed by atoms with Gasteiger partial charge in [-0.05, 0) is 44.1 Å². The zero-order chi connectivity index (χ0) is 27.6. The van der Waals surface area contributed by atoms with Crippen molar-refractivity contribution >= 4 is 43.4 Å². The van der Waals surface area contributed by atoms with Crippen LogP contribution in [0.5, 0.6) is 0 Å². The summed E-state index contributed by atoms with van der Waals surface area (Å²) >= 11 is 0. The van der Waals surface area contributed by atoms with Crippen LogP contribution in [0, 0.1) is 5.92 Å². The van der Waals surface area contributed by atoms with E-state index in [1.807, 2.05) is 6.92 Å². The van der Waals surface area contributed by atoms with Crippen LogP contribution in [0.15, 0.2) is 18.2 Å². The minimum atomic E-state index is -2.95. The van der Waals surface area contributed by atoms with Crippen LogP contribution < -0.4 is 10.2 Å².